The summed E-state index contributed by atoms with van der Waals surface area (Å²) < 4.78 is 11.0. The Morgan fingerprint density at radius 1 is 1.08 bits per heavy atom. The Morgan fingerprint density at radius 2 is 1.71 bits per heavy atom. The Bertz CT molecular complexity index is 896. The number of halogens is 1. The van der Waals surface area contributed by atoms with Gasteiger partial charge in [0.1, 0.15) is 11.5 Å². The number of hydrogen-bond acceptors (Lipinski definition) is 4. The number of rotatable bonds is 3. The monoisotopic (exact) mass is 342 g/mol. The Kier molecular flexibility index (Phi) is 4.40. The molecule has 2 aromatic rings. The van der Waals surface area contributed by atoms with Gasteiger partial charge in [0.05, 0.1) is 0 Å². The van der Waals surface area contributed by atoms with E-state index in [2.05, 4.69) is 6.58 Å². The van der Waals surface area contributed by atoms with E-state index in [1.54, 1.807) is 18.2 Å². The minimum Gasteiger partial charge on any atom is -0.426 e. The molecule has 0 saturated heterocycles. The standard InChI is InChI=1S/C19H15ClO4/c1-3-17(22)24-18-13-6-4-5-7-14(13)19(23-11(2)21)16-10-12(20)8-9-15(16)18/h3-5,8-10H,1,6-7H2,2H3. The molecule has 3 rings (SSSR count). The number of benzene rings is 2. The molecule has 122 valence electrons. The number of fused-ring (bicyclic) bond motifs is 2. The molecule has 0 N–H and O–H groups in total. The van der Waals surface area contributed by atoms with E-state index in [9.17, 15) is 9.59 Å². The lowest BCUT2D eigenvalue weighted by Gasteiger charge is -2.22. The molecule has 0 aliphatic heterocycles. The van der Waals surface area contributed by atoms with E-state index in [-0.39, 0.29) is 0 Å². The van der Waals surface area contributed by atoms with Gasteiger partial charge in [-0.2, -0.15) is 0 Å². The van der Waals surface area contributed by atoms with Gasteiger partial charge in [-0.25, -0.2) is 4.79 Å². The lowest BCUT2D eigenvalue weighted by molar-refractivity contribution is -0.132. The minimum absolute atomic E-state index is 0.413. The van der Waals surface area contributed by atoms with E-state index < -0.39 is 11.9 Å². The highest BCUT2D eigenvalue weighted by molar-refractivity contribution is 6.31. The van der Waals surface area contributed by atoms with Gasteiger partial charge in [-0.15, -0.1) is 0 Å². The number of ether oxygens (including phenoxy) is 2. The van der Waals surface area contributed by atoms with Crippen LogP contribution in [0.3, 0.4) is 0 Å². The molecular weight excluding hydrogens is 328 g/mol. The third-order valence-corrected chi connectivity index (χ3v) is 4.04. The maximum absolute atomic E-state index is 11.8. The first-order valence-corrected chi connectivity index (χ1v) is 7.83. The van der Waals surface area contributed by atoms with Gasteiger partial charge in [-0.3, -0.25) is 4.79 Å². The highest BCUT2D eigenvalue weighted by Gasteiger charge is 2.24. The molecule has 0 heterocycles. The van der Waals surface area contributed by atoms with Crippen LogP contribution in [0.25, 0.3) is 10.8 Å². The van der Waals surface area contributed by atoms with Crippen molar-refractivity contribution in [2.45, 2.75) is 19.8 Å². The molecule has 0 aromatic heterocycles. The Hall–Kier alpha value is -2.59. The van der Waals surface area contributed by atoms with Crippen molar-refractivity contribution in [2.24, 2.45) is 0 Å². The molecule has 0 bridgehead atoms. The van der Waals surface area contributed by atoms with Gasteiger partial charge in [0.25, 0.3) is 0 Å². The van der Waals surface area contributed by atoms with Gasteiger partial charge < -0.3 is 9.47 Å². The van der Waals surface area contributed by atoms with Crippen LogP contribution in [0.5, 0.6) is 11.5 Å². The van der Waals surface area contributed by atoms with Crippen LogP contribution >= 0.6 is 11.6 Å². The second-order valence-electron chi connectivity index (χ2n) is 5.40. The molecule has 24 heavy (non-hydrogen) atoms. The van der Waals surface area contributed by atoms with Crippen LogP contribution in [0.2, 0.25) is 5.02 Å². The molecular formula is C19H15ClO4. The van der Waals surface area contributed by atoms with Crippen LogP contribution in [-0.4, -0.2) is 11.9 Å². The summed E-state index contributed by atoms with van der Waals surface area (Å²) >= 11 is 6.12. The molecule has 0 radical (unpaired) electrons. The van der Waals surface area contributed by atoms with E-state index in [0.29, 0.717) is 40.1 Å². The smallest absolute Gasteiger partial charge is 0.335 e. The average Bonchev–Trinajstić information content (AvgIpc) is 2.57. The van der Waals surface area contributed by atoms with Crippen molar-refractivity contribution >= 4 is 34.3 Å². The Labute approximate surface area is 144 Å². The normalized spacial score (nSPS) is 12.6. The summed E-state index contributed by atoms with van der Waals surface area (Å²) in [5.74, 6) is -0.0216. The molecule has 0 unspecified atom stereocenters. The number of esters is 2. The molecule has 1 aliphatic carbocycles. The molecule has 0 saturated carbocycles. The SMILES string of the molecule is C=CC(=O)Oc1c2c(c(OC(C)=O)c3cc(Cl)ccc13)CC=CC2. The van der Waals surface area contributed by atoms with E-state index in [4.69, 9.17) is 21.1 Å². The molecule has 0 atom stereocenters. The van der Waals surface area contributed by atoms with Crippen molar-refractivity contribution in [3.63, 3.8) is 0 Å². The summed E-state index contributed by atoms with van der Waals surface area (Å²) in [7, 11) is 0. The molecule has 4 nitrogen and oxygen atoms in total. The van der Waals surface area contributed by atoms with E-state index >= 15 is 0 Å². The highest BCUT2D eigenvalue weighted by atomic mass is 35.5. The first kappa shape index (κ1) is 16.3. The summed E-state index contributed by atoms with van der Waals surface area (Å²) in [4.78, 5) is 23.3. The van der Waals surface area contributed by atoms with Crippen LogP contribution in [0.15, 0.2) is 43.0 Å². The van der Waals surface area contributed by atoms with Crippen molar-refractivity contribution in [1.82, 2.24) is 0 Å². The van der Waals surface area contributed by atoms with Crippen molar-refractivity contribution in [3.05, 3.63) is 59.2 Å². The highest BCUT2D eigenvalue weighted by Crippen LogP contribution is 2.44. The molecule has 1 aliphatic rings. The van der Waals surface area contributed by atoms with Gasteiger partial charge in [0.2, 0.25) is 0 Å². The van der Waals surface area contributed by atoms with E-state index in [1.165, 1.54) is 6.92 Å². The van der Waals surface area contributed by atoms with Gasteiger partial charge in [-0.1, -0.05) is 30.3 Å². The van der Waals surface area contributed by atoms with Crippen LogP contribution in [0.1, 0.15) is 18.1 Å². The number of hydrogen-bond donors (Lipinski definition) is 0. The average molecular weight is 343 g/mol. The zero-order chi connectivity index (χ0) is 17.3. The third-order valence-electron chi connectivity index (χ3n) is 3.81. The zero-order valence-corrected chi connectivity index (χ0v) is 13.9. The molecule has 0 amide bonds. The number of carbonyl (C=O) groups is 2. The molecule has 2 aromatic carbocycles. The minimum atomic E-state index is -0.539. The first-order valence-electron chi connectivity index (χ1n) is 7.46. The molecule has 5 heteroatoms. The lowest BCUT2D eigenvalue weighted by Crippen LogP contribution is -2.12. The quantitative estimate of drug-likeness (QED) is 0.363. The number of carbonyl (C=O) groups excluding carboxylic acids is 2. The van der Waals surface area contributed by atoms with E-state index in [1.807, 2.05) is 12.2 Å². The fourth-order valence-electron chi connectivity index (χ4n) is 2.85. The van der Waals surface area contributed by atoms with Crippen LogP contribution in [0.4, 0.5) is 0 Å². The topological polar surface area (TPSA) is 52.6 Å². The lowest BCUT2D eigenvalue weighted by atomic mass is 9.90. The first-order chi connectivity index (χ1) is 11.5. The Morgan fingerprint density at radius 3 is 2.29 bits per heavy atom. The van der Waals surface area contributed by atoms with Crippen molar-refractivity contribution < 1.29 is 19.1 Å². The largest absolute Gasteiger partial charge is 0.426 e. The van der Waals surface area contributed by atoms with Crippen molar-refractivity contribution in [2.75, 3.05) is 0 Å². The van der Waals surface area contributed by atoms with Crippen LogP contribution in [0, 0.1) is 0 Å². The molecule has 0 spiro atoms. The molecule has 0 fully saturated rings. The predicted molar refractivity (Wildman–Crippen MR) is 92.6 cm³/mol. The summed E-state index contributed by atoms with van der Waals surface area (Å²) in [6.45, 7) is 4.80. The maximum Gasteiger partial charge on any atom is 0.335 e. The van der Waals surface area contributed by atoms with Gasteiger partial charge in [0.15, 0.2) is 0 Å². The van der Waals surface area contributed by atoms with Crippen molar-refractivity contribution in [1.29, 1.82) is 0 Å². The summed E-state index contributed by atoms with van der Waals surface area (Å²) in [6, 6.07) is 5.17. The Balaban J connectivity index is 2.36. The van der Waals surface area contributed by atoms with E-state index in [0.717, 1.165) is 17.2 Å². The van der Waals surface area contributed by atoms with Crippen molar-refractivity contribution in [3.8, 4) is 11.5 Å². The summed E-state index contributed by atoms with van der Waals surface area (Å²) in [5.41, 5.74) is 1.66. The summed E-state index contributed by atoms with van der Waals surface area (Å²) in [6.07, 6.45) is 6.27. The fraction of sp³-hybridized carbons (Fsp3) is 0.158. The fourth-order valence-corrected chi connectivity index (χ4v) is 3.03. The van der Waals surface area contributed by atoms with Gasteiger partial charge >= 0.3 is 11.9 Å². The third kappa shape index (κ3) is 2.93. The van der Waals surface area contributed by atoms with Crippen LogP contribution < -0.4 is 9.47 Å². The van der Waals surface area contributed by atoms with Crippen LogP contribution in [-0.2, 0) is 22.4 Å². The summed E-state index contributed by atoms with van der Waals surface area (Å²) in [5, 5.41) is 1.81. The van der Waals surface area contributed by atoms with Gasteiger partial charge in [-0.05, 0) is 31.0 Å². The van der Waals surface area contributed by atoms with Gasteiger partial charge in [0, 0.05) is 39.9 Å². The predicted octanol–water partition coefficient (Wildman–Crippen LogP) is 4.16. The number of allylic oxidation sites excluding steroid dienone is 2. The maximum atomic E-state index is 11.8. The second-order valence-corrected chi connectivity index (χ2v) is 5.84. The zero-order valence-electron chi connectivity index (χ0n) is 13.1. The second kappa shape index (κ2) is 6.49.